The van der Waals surface area contributed by atoms with Gasteiger partial charge < -0.3 is 14.6 Å². The zero-order valence-corrected chi connectivity index (χ0v) is 30.7. The van der Waals surface area contributed by atoms with Gasteiger partial charge in [0.15, 0.2) is 15.8 Å². The lowest BCUT2D eigenvalue weighted by atomic mass is 10.1. The Hall–Kier alpha value is -3.07. The molecule has 0 radical (unpaired) electrons. The summed E-state index contributed by atoms with van der Waals surface area (Å²) in [5.41, 5.74) is -0.181. The van der Waals surface area contributed by atoms with Gasteiger partial charge in [-0.1, -0.05) is 182 Å². The van der Waals surface area contributed by atoms with E-state index >= 15 is 0 Å². The van der Waals surface area contributed by atoms with Gasteiger partial charge in [-0.3, -0.25) is 0 Å². The molecule has 0 bridgehead atoms. The largest absolute Gasteiger partial charge is 0.410 e. The third-order valence-electron chi connectivity index (χ3n) is 6.27. The minimum atomic E-state index is -9.88. The summed E-state index contributed by atoms with van der Waals surface area (Å²) in [6.07, 6.45) is 1.54. The van der Waals surface area contributed by atoms with Gasteiger partial charge in [0.25, 0.3) is 0 Å². The summed E-state index contributed by atoms with van der Waals surface area (Å²) < 4.78 is 129. The molecule has 0 aliphatic heterocycles. The van der Waals surface area contributed by atoms with E-state index in [4.69, 9.17) is 16.8 Å². The standard InChI is InChI=1S/C13H14F5NOS.C7H6ClNO.C6H9F5S.C6H15N.CH4/c1-2-3-9-11-13(21(14,15,16,17)18)12(19-20-11)10-7-5-4-6-8-10;8-7(9-10)6-4-2-1-3-5-6;1-2-3-4-5-6-12(7,8,9,10)11;1-4-7(5-2)6-3;/h4-8H,2-3,9H2,1H3;1-5,10H;2-4H2,1H3;4-6H2,1-3H3;1H4/b;9-7-;;;. The van der Waals surface area contributed by atoms with Gasteiger partial charge in [-0.2, -0.15) is 0 Å². The first-order valence-corrected chi connectivity index (χ1v) is 19.7. The Morgan fingerprint density at radius 2 is 1.25 bits per heavy atom. The zero-order valence-electron chi connectivity index (χ0n) is 28.3. The Labute approximate surface area is 299 Å². The molecule has 2 aromatic carbocycles. The molecule has 0 saturated carbocycles. The van der Waals surface area contributed by atoms with E-state index in [0.717, 1.165) is 0 Å². The number of oxime groups is 1. The molecule has 3 aromatic rings. The fourth-order valence-electron chi connectivity index (χ4n) is 3.75. The average Bonchev–Trinajstić information content (AvgIpc) is 3.49. The lowest BCUT2D eigenvalue weighted by Crippen LogP contribution is -2.21. The van der Waals surface area contributed by atoms with Crippen molar-refractivity contribution in [3.05, 3.63) is 72.0 Å². The number of aromatic nitrogens is 1. The van der Waals surface area contributed by atoms with Gasteiger partial charge in [-0.05, 0) is 32.5 Å². The summed E-state index contributed by atoms with van der Waals surface area (Å²) in [5, 5.41) is 14.6. The predicted molar refractivity (Wildman–Crippen MR) is 193 cm³/mol. The van der Waals surface area contributed by atoms with Crippen LogP contribution in [-0.2, 0) is 6.42 Å². The molecule has 0 aliphatic carbocycles. The average molecular weight is 808 g/mol. The molecule has 0 fully saturated rings. The first kappa shape index (κ1) is 50.0. The lowest BCUT2D eigenvalue weighted by Gasteiger charge is -2.40. The molecule has 0 spiro atoms. The Morgan fingerprint density at radius 3 is 1.63 bits per heavy atom. The summed E-state index contributed by atoms with van der Waals surface area (Å²) in [6, 6.07) is 16.1. The summed E-state index contributed by atoms with van der Waals surface area (Å²) in [6.45, 7) is 13.6. The van der Waals surface area contributed by atoms with Crippen LogP contribution < -0.4 is 0 Å². The first-order chi connectivity index (χ1) is 22.8. The van der Waals surface area contributed by atoms with Crippen molar-refractivity contribution in [1.82, 2.24) is 10.1 Å². The van der Waals surface area contributed by atoms with E-state index in [1.165, 1.54) is 49.8 Å². The fourth-order valence-corrected chi connectivity index (χ4v) is 5.34. The van der Waals surface area contributed by atoms with Crippen molar-refractivity contribution in [3.8, 4) is 22.4 Å². The van der Waals surface area contributed by atoms with E-state index in [-0.39, 0.29) is 36.3 Å². The van der Waals surface area contributed by atoms with Gasteiger partial charge in [0, 0.05) is 24.0 Å². The molecule has 51 heavy (non-hydrogen) atoms. The molecule has 1 heterocycles. The maximum Gasteiger partial charge on any atom is 0.345 e. The van der Waals surface area contributed by atoms with Gasteiger partial charge in [-0.15, -0.1) is 0 Å². The minimum Gasteiger partial charge on any atom is -0.410 e. The Morgan fingerprint density at radius 1 is 0.784 bits per heavy atom. The monoisotopic (exact) mass is 807 g/mol. The van der Waals surface area contributed by atoms with E-state index < -0.39 is 36.8 Å². The summed E-state index contributed by atoms with van der Waals surface area (Å²) in [5.74, 6) is 0.638. The second-order valence-corrected chi connectivity index (χ2v) is 15.3. The maximum atomic E-state index is 13.3. The highest BCUT2D eigenvalue weighted by molar-refractivity contribution is 8.49. The Kier molecular flexibility index (Phi) is 18.8. The van der Waals surface area contributed by atoms with Crippen LogP contribution in [0.25, 0.3) is 11.3 Å². The van der Waals surface area contributed by atoms with Gasteiger partial charge in [0.2, 0.25) is 0 Å². The van der Waals surface area contributed by atoms with Crippen LogP contribution in [-0.4, -0.2) is 40.1 Å². The van der Waals surface area contributed by atoms with E-state index in [1.807, 2.05) is 18.2 Å². The van der Waals surface area contributed by atoms with Crippen molar-refractivity contribution in [2.75, 3.05) is 19.6 Å². The quantitative estimate of drug-likeness (QED) is 0.0523. The topological polar surface area (TPSA) is 61.9 Å². The summed E-state index contributed by atoms with van der Waals surface area (Å²) in [4.78, 5) is 0.384. The molecule has 1 N–H and O–H groups in total. The molecule has 1 aromatic heterocycles. The highest BCUT2D eigenvalue weighted by atomic mass is 35.5. The van der Waals surface area contributed by atoms with E-state index in [9.17, 15) is 38.9 Å². The summed E-state index contributed by atoms with van der Waals surface area (Å²) in [7, 11) is -19.3. The normalized spacial score (nSPS) is 14.1. The number of nitrogens with zero attached hydrogens (tertiary/aromatic N) is 3. The SMILES string of the molecule is C.CCCCC#CS(F)(F)(F)(F)F.CCCCc1onc(-c2ccccc2)c1S(F)(F)(F)(F)F.CCN(CC)CC.O/N=C(\Cl)c1ccccc1. The molecule has 5 nitrogen and oxygen atoms in total. The van der Waals surface area contributed by atoms with Crippen molar-refractivity contribution in [3.63, 3.8) is 0 Å². The molecule has 0 aliphatic rings. The molecular formula is C33H48ClF10N3O2S2. The highest BCUT2D eigenvalue weighted by Crippen LogP contribution is 3.03. The third-order valence-corrected chi connectivity index (χ3v) is 8.28. The third kappa shape index (κ3) is 22.5. The highest BCUT2D eigenvalue weighted by Gasteiger charge is 2.69. The Balaban J connectivity index is 0. The summed E-state index contributed by atoms with van der Waals surface area (Å²) >= 11 is 5.49. The molecule has 0 atom stereocenters. The van der Waals surface area contributed by atoms with Crippen LogP contribution in [0.5, 0.6) is 0 Å². The van der Waals surface area contributed by atoms with Gasteiger partial charge >= 0.3 is 20.4 Å². The van der Waals surface area contributed by atoms with Crippen molar-refractivity contribution in [2.45, 2.75) is 85.5 Å². The van der Waals surface area contributed by atoms with Crippen LogP contribution in [0.1, 0.15) is 85.5 Å². The van der Waals surface area contributed by atoms with Crippen LogP contribution in [0.2, 0.25) is 0 Å². The first-order valence-electron chi connectivity index (χ1n) is 15.4. The number of benzene rings is 2. The Bertz CT molecular complexity index is 1520. The van der Waals surface area contributed by atoms with Crippen molar-refractivity contribution >= 4 is 37.2 Å². The number of rotatable bonds is 11. The molecule has 18 heteroatoms. The van der Waals surface area contributed by atoms with Crippen LogP contribution in [0.15, 0.2) is 75.2 Å². The zero-order chi connectivity index (χ0) is 38.8. The number of hydrogen-bond donors (Lipinski definition) is 1. The van der Waals surface area contributed by atoms with Crippen LogP contribution >= 0.6 is 32.0 Å². The number of aryl methyl sites for hydroxylation is 1. The maximum absolute atomic E-state index is 13.3. The number of unbranched alkanes of at least 4 members (excludes halogenated alkanes) is 3. The van der Waals surface area contributed by atoms with Crippen LogP contribution in [0.4, 0.5) is 38.9 Å². The smallest absolute Gasteiger partial charge is 0.345 e. The van der Waals surface area contributed by atoms with Gasteiger partial charge in [0.05, 0.1) is 5.25 Å². The molecule has 0 saturated heterocycles. The van der Waals surface area contributed by atoms with Crippen molar-refractivity contribution in [2.24, 2.45) is 5.16 Å². The van der Waals surface area contributed by atoms with E-state index in [1.54, 1.807) is 32.0 Å². The molecule has 296 valence electrons. The second kappa shape index (κ2) is 19.1. The van der Waals surface area contributed by atoms with Crippen LogP contribution in [0.3, 0.4) is 0 Å². The lowest BCUT2D eigenvalue weighted by molar-refractivity contribution is 0.321. The van der Waals surface area contributed by atoms with Gasteiger partial charge in [0.1, 0.15) is 5.69 Å². The predicted octanol–water partition coefficient (Wildman–Crippen LogP) is 14.8. The molecule has 3 rings (SSSR count). The number of halogens is 11. The van der Waals surface area contributed by atoms with Crippen molar-refractivity contribution < 1.29 is 48.6 Å². The van der Waals surface area contributed by atoms with Gasteiger partial charge in [-0.25, -0.2) is 0 Å². The van der Waals surface area contributed by atoms with E-state index in [2.05, 4.69) is 40.5 Å². The molecule has 0 amide bonds. The van der Waals surface area contributed by atoms with E-state index in [0.29, 0.717) is 31.2 Å². The van der Waals surface area contributed by atoms with Crippen molar-refractivity contribution in [1.29, 1.82) is 0 Å². The second-order valence-electron chi connectivity index (χ2n) is 10.4. The fraction of sp³-hybridized carbons (Fsp3) is 0.455. The van der Waals surface area contributed by atoms with Crippen LogP contribution in [0, 0.1) is 11.2 Å². The number of hydrogen-bond acceptors (Lipinski definition) is 5. The minimum absolute atomic E-state index is 0. The molecule has 0 unspecified atom stereocenters. The molecular weight excluding hydrogens is 760 g/mol.